The Bertz CT molecular complexity index is 243. The predicted octanol–water partition coefficient (Wildman–Crippen LogP) is -0.545. The maximum absolute atomic E-state index is 10.7. The average Bonchev–Trinajstić information content (AvgIpc) is 2.76. The summed E-state index contributed by atoms with van der Waals surface area (Å²) in [5.41, 5.74) is 3.26. The lowest BCUT2D eigenvalue weighted by Gasteiger charge is -2.28. The molecule has 2 aliphatic rings. The van der Waals surface area contributed by atoms with Gasteiger partial charge in [0, 0.05) is 19.6 Å². The molecule has 0 aliphatic carbocycles. The number of carboxylic acid groups (broad SMARTS) is 1. The smallest absolute Gasteiger partial charge is 0.332 e. The maximum Gasteiger partial charge on any atom is 0.332 e. The zero-order valence-electron chi connectivity index (χ0n) is 9.22. The number of carbonyl (C=O) groups is 1. The monoisotopic (exact) mass is 230 g/mol. The van der Waals surface area contributed by atoms with Crippen LogP contribution in [0, 0.1) is 0 Å². The number of morpholine rings is 1. The molecule has 6 nitrogen and oxygen atoms in total. The van der Waals surface area contributed by atoms with Gasteiger partial charge in [0.1, 0.15) is 0 Å². The molecule has 6 heteroatoms. The van der Waals surface area contributed by atoms with Gasteiger partial charge in [-0.2, -0.15) is 0 Å². The van der Waals surface area contributed by atoms with E-state index in [9.17, 15) is 4.79 Å². The van der Waals surface area contributed by atoms with Crippen LogP contribution >= 0.6 is 0 Å². The molecule has 0 aromatic carbocycles. The molecule has 2 atom stereocenters. The van der Waals surface area contributed by atoms with Crippen LogP contribution in [0.15, 0.2) is 0 Å². The van der Waals surface area contributed by atoms with Gasteiger partial charge in [-0.05, 0) is 12.8 Å². The van der Waals surface area contributed by atoms with Crippen molar-refractivity contribution in [1.29, 1.82) is 0 Å². The van der Waals surface area contributed by atoms with Crippen LogP contribution in [0.5, 0.6) is 0 Å². The van der Waals surface area contributed by atoms with Crippen LogP contribution in [0.2, 0.25) is 0 Å². The van der Waals surface area contributed by atoms with Crippen molar-refractivity contribution < 1.29 is 19.4 Å². The van der Waals surface area contributed by atoms with Gasteiger partial charge in [0.2, 0.25) is 0 Å². The standard InChI is InChI=1S/C10H18N2O4/c13-10(14)9-2-1-8(16-9)7-11-12-3-5-15-6-4-12/h8-9,11H,1-7H2,(H,13,14). The number of nitrogens with one attached hydrogen (secondary N) is 1. The third-order valence-corrected chi connectivity index (χ3v) is 2.94. The summed E-state index contributed by atoms with van der Waals surface area (Å²) in [5, 5.41) is 10.9. The molecule has 0 aromatic heterocycles. The van der Waals surface area contributed by atoms with Crippen molar-refractivity contribution in [3.63, 3.8) is 0 Å². The summed E-state index contributed by atoms with van der Waals surface area (Å²) in [6.45, 7) is 3.92. The number of aliphatic carboxylic acids is 1. The fourth-order valence-electron chi connectivity index (χ4n) is 1.99. The second kappa shape index (κ2) is 5.58. The van der Waals surface area contributed by atoms with Crippen LogP contribution in [-0.4, -0.2) is 61.1 Å². The molecule has 92 valence electrons. The van der Waals surface area contributed by atoms with Crippen LogP contribution in [-0.2, 0) is 14.3 Å². The minimum Gasteiger partial charge on any atom is -0.479 e. The summed E-state index contributed by atoms with van der Waals surface area (Å²) < 4.78 is 10.6. The summed E-state index contributed by atoms with van der Waals surface area (Å²) in [6.07, 6.45) is 0.833. The van der Waals surface area contributed by atoms with Gasteiger partial charge in [0.15, 0.2) is 6.10 Å². The van der Waals surface area contributed by atoms with Crippen molar-refractivity contribution >= 4 is 5.97 Å². The van der Waals surface area contributed by atoms with Crippen molar-refractivity contribution in [2.45, 2.75) is 25.0 Å². The topological polar surface area (TPSA) is 71.0 Å². The predicted molar refractivity (Wildman–Crippen MR) is 55.9 cm³/mol. The van der Waals surface area contributed by atoms with Gasteiger partial charge in [-0.3, -0.25) is 5.43 Å². The highest BCUT2D eigenvalue weighted by Crippen LogP contribution is 2.19. The minimum atomic E-state index is -0.853. The van der Waals surface area contributed by atoms with E-state index in [-0.39, 0.29) is 6.10 Å². The second-order valence-corrected chi connectivity index (χ2v) is 4.12. The van der Waals surface area contributed by atoms with Gasteiger partial charge in [0.05, 0.1) is 19.3 Å². The molecule has 0 spiro atoms. The highest BCUT2D eigenvalue weighted by Gasteiger charge is 2.30. The zero-order chi connectivity index (χ0) is 11.4. The first-order chi connectivity index (χ1) is 7.75. The molecule has 0 bridgehead atoms. The molecular formula is C10H18N2O4. The van der Waals surface area contributed by atoms with Crippen molar-refractivity contribution in [3.8, 4) is 0 Å². The molecule has 2 saturated heterocycles. The molecule has 2 unspecified atom stereocenters. The van der Waals surface area contributed by atoms with Gasteiger partial charge in [-0.15, -0.1) is 0 Å². The number of hydrazine groups is 1. The summed E-state index contributed by atoms with van der Waals surface area (Å²) in [5.74, 6) is -0.853. The van der Waals surface area contributed by atoms with Crippen molar-refractivity contribution in [2.75, 3.05) is 32.8 Å². The van der Waals surface area contributed by atoms with E-state index >= 15 is 0 Å². The van der Waals surface area contributed by atoms with Crippen molar-refractivity contribution in [1.82, 2.24) is 10.4 Å². The van der Waals surface area contributed by atoms with E-state index in [1.54, 1.807) is 0 Å². The van der Waals surface area contributed by atoms with Gasteiger partial charge in [-0.25, -0.2) is 9.80 Å². The number of hydrogen-bond donors (Lipinski definition) is 2. The molecule has 0 saturated carbocycles. The lowest BCUT2D eigenvalue weighted by Crippen LogP contribution is -2.48. The largest absolute Gasteiger partial charge is 0.479 e. The Morgan fingerprint density at radius 2 is 2.12 bits per heavy atom. The van der Waals surface area contributed by atoms with E-state index in [0.29, 0.717) is 13.0 Å². The molecule has 2 heterocycles. The lowest BCUT2D eigenvalue weighted by atomic mass is 10.2. The van der Waals surface area contributed by atoms with Gasteiger partial charge in [-0.1, -0.05) is 0 Å². The van der Waals surface area contributed by atoms with Crippen LogP contribution in [0.25, 0.3) is 0 Å². The van der Waals surface area contributed by atoms with Crippen LogP contribution in [0.4, 0.5) is 0 Å². The highest BCUT2D eigenvalue weighted by atomic mass is 16.5. The van der Waals surface area contributed by atoms with Crippen molar-refractivity contribution in [3.05, 3.63) is 0 Å². The Balaban J connectivity index is 1.65. The fourth-order valence-corrected chi connectivity index (χ4v) is 1.99. The zero-order valence-corrected chi connectivity index (χ0v) is 9.22. The van der Waals surface area contributed by atoms with E-state index in [2.05, 4.69) is 10.4 Å². The molecule has 0 amide bonds. The SMILES string of the molecule is O=C(O)C1CCC(CNN2CCOCC2)O1. The first kappa shape index (κ1) is 11.8. The third-order valence-electron chi connectivity index (χ3n) is 2.94. The molecule has 2 N–H and O–H groups in total. The van der Waals surface area contributed by atoms with E-state index in [1.165, 1.54) is 0 Å². The first-order valence-electron chi connectivity index (χ1n) is 5.70. The van der Waals surface area contributed by atoms with Gasteiger partial charge in [0.25, 0.3) is 0 Å². The summed E-state index contributed by atoms with van der Waals surface area (Å²) >= 11 is 0. The first-order valence-corrected chi connectivity index (χ1v) is 5.70. The number of rotatable bonds is 4. The molecular weight excluding hydrogens is 212 g/mol. The molecule has 2 fully saturated rings. The maximum atomic E-state index is 10.7. The van der Waals surface area contributed by atoms with Gasteiger partial charge >= 0.3 is 5.97 Å². The highest BCUT2D eigenvalue weighted by molar-refractivity contribution is 5.72. The summed E-state index contributed by atoms with van der Waals surface area (Å²) in [7, 11) is 0. The quantitative estimate of drug-likeness (QED) is 0.675. The summed E-state index contributed by atoms with van der Waals surface area (Å²) in [4.78, 5) is 10.7. The van der Waals surface area contributed by atoms with Crippen LogP contribution < -0.4 is 5.43 Å². The van der Waals surface area contributed by atoms with Gasteiger partial charge < -0.3 is 14.6 Å². The number of nitrogens with zero attached hydrogens (tertiary/aromatic N) is 1. The van der Waals surface area contributed by atoms with E-state index in [4.69, 9.17) is 14.6 Å². The summed E-state index contributed by atoms with van der Waals surface area (Å²) in [6, 6.07) is 0. The minimum absolute atomic E-state index is 0.0175. The van der Waals surface area contributed by atoms with E-state index in [0.717, 1.165) is 32.7 Å². The molecule has 2 aliphatic heterocycles. The number of ether oxygens (including phenoxy) is 2. The molecule has 0 aromatic rings. The molecule has 16 heavy (non-hydrogen) atoms. The lowest BCUT2D eigenvalue weighted by molar-refractivity contribution is -0.149. The Morgan fingerprint density at radius 1 is 1.38 bits per heavy atom. The number of carboxylic acids is 1. The molecule has 2 rings (SSSR count). The Hall–Kier alpha value is -0.690. The van der Waals surface area contributed by atoms with E-state index < -0.39 is 12.1 Å². The fraction of sp³-hybridized carbons (Fsp3) is 0.900. The van der Waals surface area contributed by atoms with Crippen molar-refractivity contribution in [2.24, 2.45) is 0 Å². The van der Waals surface area contributed by atoms with Crippen LogP contribution in [0.3, 0.4) is 0 Å². The Kier molecular flexibility index (Phi) is 4.11. The second-order valence-electron chi connectivity index (χ2n) is 4.12. The third kappa shape index (κ3) is 3.15. The van der Waals surface area contributed by atoms with Crippen LogP contribution in [0.1, 0.15) is 12.8 Å². The average molecular weight is 230 g/mol. The normalized spacial score (nSPS) is 31.8. The Labute approximate surface area is 94.5 Å². The Morgan fingerprint density at radius 3 is 2.75 bits per heavy atom. The van der Waals surface area contributed by atoms with E-state index in [1.807, 2.05) is 0 Å². The number of hydrogen-bond acceptors (Lipinski definition) is 5. The molecule has 0 radical (unpaired) electrons.